The molecule has 0 amide bonds. The summed E-state index contributed by atoms with van der Waals surface area (Å²) in [5, 5.41) is 0. The van der Waals surface area contributed by atoms with Gasteiger partial charge in [-0.3, -0.25) is 0 Å². The molecule has 0 aliphatic carbocycles. The van der Waals surface area contributed by atoms with Gasteiger partial charge in [-0.2, -0.15) is 0 Å². The third-order valence-electron chi connectivity index (χ3n) is 1.99. The normalized spacial score (nSPS) is 11.9. The summed E-state index contributed by atoms with van der Waals surface area (Å²) in [7, 11) is 0. The van der Waals surface area contributed by atoms with Crippen LogP contribution in [-0.4, -0.2) is 12.1 Å². The highest BCUT2D eigenvalue weighted by molar-refractivity contribution is 5.91. The van der Waals surface area contributed by atoms with Crippen molar-refractivity contribution in [3.8, 4) is 0 Å². The lowest BCUT2D eigenvalue weighted by atomic mass is 10.1. The molecule has 0 spiro atoms. The van der Waals surface area contributed by atoms with E-state index in [2.05, 4.69) is 6.58 Å². The fourth-order valence-corrected chi connectivity index (χ4v) is 1.08. The molecule has 1 atom stereocenters. The summed E-state index contributed by atoms with van der Waals surface area (Å²) in [5.74, 6) is -0.296. The first-order chi connectivity index (χ1) is 6.65. The number of ether oxygens (including phenoxy) is 1. The number of benzene rings is 1. The summed E-state index contributed by atoms with van der Waals surface area (Å²) < 4.78 is 5.11. The molecule has 2 heteroatoms. The van der Waals surface area contributed by atoms with Crippen LogP contribution < -0.4 is 0 Å². The second kappa shape index (κ2) is 4.61. The van der Waals surface area contributed by atoms with E-state index in [4.69, 9.17) is 4.74 Å². The fourth-order valence-electron chi connectivity index (χ4n) is 1.08. The van der Waals surface area contributed by atoms with E-state index >= 15 is 0 Å². The predicted molar refractivity (Wildman–Crippen MR) is 56.3 cm³/mol. The molecular formula is C12H14O2. The maximum Gasteiger partial charge on any atom is 0.338 e. The number of aryl methyl sites for hydroxylation is 1. The Hall–Kier alpha value is -1.57. The van der Waals surface area contributed by atoms with Crippen molar-refractivity contribution in [2.45, 2.75) is 20.0 Å². The molecule has 0 saturated heterocycles. The predicted octanol–water partition coefficient (Wildman–Crippen LogP) is 2.73. The fraction of sp³-hybridized carbons (Fsp3) is 0.250. The average Bonchev–Trinajstić information content (AvgIpc) is 2.18. The molecule has 0 bridgehead atoms. The summed E-state index contributed by atoms with van der Waals surface area (Å²) in [6.07, 6.45) is 1.35. The monoisotopic (exact) mass is 190 g/mol. The maximum absolute atomic E-state index is 11.6. The van der Waals surface area contributed by atoms with Gasteiger partial charge in [0, 0.05) is 0 Å². The molecule has 2 nitrogen and oxygen atoms in total. The highest BCUT2D eigenvalue weighted by Gasteiger charge is 2.11. The first kappa shape index (κ1) is 10.5. The number of carbonyl (C=O) groups is 1. The van der Waals surface area contributed by atoms with Gasteiger partial charge in [0.15, 0.2) is 0 Å². The molecule has 0 fully saturated rings. The molecule has 0 N–H and O–H groups in total. The number of esters is 1. The molecule has 0 aromatic heterocycles. The van der Waals surface area contributed by atoms with Crippen molar-refractivity contribution in [3.63, 3.8) is 0 Å². The van der Waals surface area contributed by atoms with Crippen LogP contribution in [0, 0.1) is 6.92 Å². The van der Waals surface area contributed by atoms with Gasteiger partial charge in [0.2, 0.25) is 0 Å². The van der Waals surface area contributed by atoms with Gasteiger partial charge < -0.3 is 4.74 Å². The smallest absolute Gasteiger partial charge is 0.338 e. The van der Waals surface area contributed by atoms with Crippen molar-refractivity contribution in [1.29, 1.82) is 0 Å². The lowest BCUT2D eigenvalue weighted by Gasteiger charge is -2.09. The van der Waals surface area contributed by atoms with Gasteiger partial charge in [0.1, 0.15) is 6.10 Å². The Kier molecular flexibility index (Phi) is 3.46. The Morgan fingerprint density at radius 1 is 1.50 bits per heavy atom. The van der Waals surface area contributed by atoms with Crippen molar-refractivity contribution in [2.75, 3.05) is 0 Å². The van der Waals surface area contributed by atoms with Crippen LogP contribution in [0.3, 0.4) is 0 Å². The molecule has 1 rings (SSSR count). The van der Waals surface area contributed by atoms with Gasteiger partial charge in [-0.05, 0) is 25.5 Å². The van der Waals surface area contributed by atoms with Gasteiger partial charge in [0.05, 0.1) is 5.56 Å². The highest BCUT2D eigenvalue weighted by Crippen LogP contribution is 2.09. The zero-order valence-electron chi connectivity index (χ0n) is 8.49. The van der Waals surface area contributed by atoms with E-state index in [1.165, 1.54) is 0 Å². The minimum absolute atomic E-state index is 0.248. The lowest BCUT2D eigenvalue weighted by molar-refractivity contribution is 0.0424. The van der Waals surface area contributed by atoms with Crippen LogP contribution >= 0.6 is 0 Å². The lowest BCUT2D eigenvalue weighted by Crippen LogP contribution is -2.13. The van der Waals surface area contributed by atoms with Crippen molar-refractivity contribution >= 4 is 5.97 Å². The quantitative estimate of drug-likeness (QED) is 0.541. The molecule has 0 radical (unpaired) electrons. The van der Waals surface area contributed by atoms with Gasteiger partial charge in [-0.15, -0.1) is 0 Å². The second-order valence-electron chi connectivity index (χ2n) is 3.16. The topological polar surface area (TPSA) is 26.3 Å². The van der Waals surface area contributed by atoms with Crippen LogP contribution in [0.1, 0.15) is 22.8 Å². The van der Waals surface area contributed by atoms with Gasteiger partial charge in [0.25, 0.3) is 0 Å². The van der Waals surface area contributed by atoms with E-state index in [9.17, 15) is 4.79 Å². The van der Waals surface area contributed by atoms with Crippen LogP contribution in [0.5, 0.6) is 0 Å². The second-order valence-corrected chi connectivity index (χ2v) is 3.16. The maximum atomic E-state index is 11.6. The molecule has 0 saturated carbocycles. The third-order valence-corrected chi connectivity index (χ3v) is 1.99. The van der Waals surface area contributed by atoms with Gasteiger partial charge >= 0.3 is 5.97 Å². The largest absolute Gasteiger partial charge is 0.455 e. The van der Waals surface area contributed by atoms with Crippen LogP contribution in [-0.2, 0) is 4.74 Å². The first-order valence-corrected chi connectivity index (χ1v) is 4.54. The van der Waals surface area contributed by atoms with Crippen molar-refractivity contribution in [2.24, 2.45) is 0 Å². The third kappa shape index (κ3) is 2.46. The van der Waals surface area contributed by atoms with Crippen LogP contribution in [0.4, 0.5) is 0 Å². The van der Waals surface area contributed by atoms with E-state index in [0.29, 0.717) is 5.56 Å². The summed E-state index contributed by atoms with van der Waals surface area (Å²) >= 11 is 0. The van der Waals surface area contributed by atoms with Crippen molar-refractivity contribution in [1.82, 2.24) is 0 Å². The standard InChI is InChI=1S/C12H14O2/c1-4-10(3)14-12(13)11-8-6-5-7-9(11)2/h4-8,10H,1H2,2-3H3/t10-/m1/s1. The van der Waals surface area contributed by atoms with E-state index in [-0.39, 0.29) is 12.1 Å². The average molecular weight is 190 g/mol. The van der Waals surface area contributed by atoms with E-state index in [0.717, 1.165) is 5.56 Å². The molecule has 0 heterocycles. The molecular weight excluding hydrogens is 176 g/mol. The number of hydrogen-bond acceptors (Lipinski definition) is 2. The van der Waals surface area contributed by atoms with E-state index < -0.39 is 0 Å². The highest BCUT2D eigenvalue weighted by atomic mass is 16.5. The molecule has 14 heavy (non-hydrogen) atoms. The Labute approximate surface area is 84.2 Å². The summed E-state index contributed by atoms with van der Waals surface area (Å²) in [6.45, 7) is 7.22. The first-order valence-electron chi connectivity index (χ1n) is 4.54. The Morgan fingerprint density at radius 3 is 2.71 bits per heavy atom. The Bertz CT molecular complexity index is 342. The van der Waals surface area contributed by atoms with Gasteiger partial charge in [-0.25, -0.2) is 4.79 Å². The summed E-state index contributed by atoms with van der Waals surface area (Å²) in [4.78, 5) is 11.6. The van der Waals surface area contributed by atoms with Crippen LogP contribution in [0.2, 0.25) is 0 Å². The summed E-state index contributed by atoms with van der Waals surface area (Å²) in [5.41, 5.74) is 1.54. The molecule has 0 aliphatic heterocycles. The molecule has 1 aromatic rings. The zero-order valence-corrected chi connectivity index (χ0v) is 8.49. The Morgan fingerprint density at radius 2 is 2.14 bits per heavy atom. The van der Waals surface area contributed by atoms with Crippen LogP contribution in [0.25, 0.3) is 0 Å². The van der Waals surface area contributed by atoms with E-state index in [1.54, 1.807) is 19.1 Å². The Balaban J connectivity index is 2.80. The number of hydrogen-bond donors (Lipinski definition) is 0. The zero-order chi connectivity index (χ0) is 10.6. The molecule has 1 aromatic carbocycles. The SMILES string of the molecule is C=C[C@@H](C)OC(=O)c1ccccc1C. The van der Waals surface area contributed by atoms with Gasteiger partial charge in [-0.1, -0.05) is 30.9 Å². The minimum Gasteiger partial charge on any atom is -0.455 e. The summed E-state index contributed by atoms with van der Waals surface area (Å²) in [6, 6.07) is 7.36. The molecule has 0 unspecified atom stereocenters. The van der Waals surface area contributed by atoms with Crippen molar-refractivity contribution < 1.29 is 9.53 Å². The van der Waals surface area contributed by atoms with Crippen molar-refractivity contribution in [3.05, 3.63) is 48.0 Å². The van der Waals surface area contributed by atoms with E-state index in [1.807, 2.05) is 25.1 Å². The molecule has 74 valence electrons. The molecule has 0 aliphatic rings. The minimum atomic E-state index is -0.296. The number of carbonyl (C=O) groups excluding carboxylic acids is 1. The van der Waals surface area contributed by atoms with Crippen LogP contribution in [0.15, 0.2) is 36.9 Å². The number of rotatable bonds is 3.